The fourth-order valence-corrected chi connectivity index (χ4v) is 13.6. The van der Waals surface area contributed by atoms with E-state index in [2.05, 4.69) is 183 Å². The van der Waals surface area contributed by atoms with E-state index in [9.17, 15) is 0 Å². The molecule has 1 aliphatic heterocycles. The van der Waals surface area contributed by atoms with Gasteiger partial charge in [-0.25, -0.2) is 0 Å². The van der Waals surface area contributed by atoms with E-state index in [4.69, 9.17) is 0 Å². The van der Waals surface area contributed by atoms with Gasteiger partial charge in [0.25, 0.3) is 0 Å². The molecule has 3 heterocycles. The van der Waals surface area contributed by atoms with Gasteiger partial charge in [0.05, 0.1) is 0 Å². The lowest BCUT2D eigenvalue weighted by Gasteiger charge is -2.27. The molecule has 2 aromatic heterocycles. The van der Waals surface area contributed by atoms with Gasteiger partial charge in [0.1, 0.15) is 8.07 Å². The molecular weight excluding hydrogens is 645 g/mol. The number of rotatable bonds is 6. The van der Waals surface area contributed by atoms with E-state index in [1.165, 1.54) is 84.8 Å². The molecule has 0 saturated heterocycles. The highest BCUT2D eigenvalue weighted by Crippen LogP contribution is 2.56. The van der Waals surface area contributed by atoms with Crippen LogP contribution < -0.4 is 0 Å². The number of hydrogen-bond donors (Lipinski definition) is 0. The first-order valence-corrected chi connectivity index (χ1v) is 21.5. The van der Waals surface area contributed by atoms with E-state index < -0.39 is 8.07 Å². The zero-order valence-electron chi connectivity index (χ0n) is 27.5. The van der Waals surface area contributed by atoms with Gasteiger partial charge in [0.2, 0.25) is 0 Å². The first kappa shape index (κ1) is 30.0. The molecular formula is C46H34S2Si. The lowest BCUT2D eigenvalue weighted by atomic mass is 9.89. The Morgan fingerprint density at radius 3 is 1.08 bits per heavy atom. The molecule has 0 fully saturated rings. The summed E-state index contributed by atoms with van der Waals surface area (Å²) in [6, 6.07) is 63.0. The average Bonchev–Trinajstić information content (AvgIpc) is 3.85. The molecule has 234 valence electrons. The third kappa shape index (κ3) is 5.26. The predicted octanol–water partition coefficient (Wildman–Crippen LogP) is 13.8. The molecule has 0 N–H and O–H groups in total. The number of hydrogen-bond acceptors (Lipinski definition) is 2. The van der Waals surface area contributed by atoms with Crippen LogP contribution >= 0.6 is 22.7 Å². The summed E-state index contributed by atoms with van der Waals surface area (Å²) in [5.74, 6) is 0. The van der Waals surface area contributed by atoms with Gasteiger partial charge in [-0.2, -0.15) is 0 Å². The number of fused-ring (bicyclic) bond motifs is 2. The second-order valence-electron chi connectivity index (χ2n) is 13.3. The fourth-order valence-electron chi connectivity index (χ4n) is 7.65. The van der Waals surface area contributed by atoms with Crippen molar-refractivity contribution in [2.45, 2.75) is 13.1 Å². The molecule has 0 atom stereocenters. The average molecular weight is 679 g/mol. The summed E-state index contributed by atoms with van der Waals surface area (Å²) < 4.78 is 2.67. The summed E-state index contributed by atoms with van der Waals surface area (Å²) in [7, 11) is -2.25. The Labute approximate surface area is 297 Å². The van der Waals surface area contributed by atoms with Gasteiger partial charge < -0.3 is 0 Å². The van der Waals surface area contributed by atoms with Crippen molar-refractivity contribution in [3.05, 3.63) is 192 Å². The Morgan fingerprint density at radius 2 is 0.694 bits per heavy atom. The zero-order chi connectivity index (χ0) is 33.0. The van der Waals surface area contributed by atoms with Crippen molar-refractivity contribution < 1.29 is 0 Å². The van der Waals surface area contributed by atoms with Crippen molar-refractivity contribution in [1.29, 1.82) is 0 Å². The quantitative estimate of drug-likeness (QED) is 0.154. The molecule has 0 unspecified atom stereocenters. The van der Waals surface area contributed by atoms with Gasteiger partial charge in [0, 0.05) is 19.2 Å². The van der Waals surface area contributed by atoms with Crippen LogP contribution in [0.2, 0.25) is 13.1 Å². The number of thiophene rings is 2. The van der Waals surface area contributed by atoms with Crippen LogP contribution in [-0.2, 0) is 0 Å². The second-order valence-corrected chi connectivity index (χ2v) is 19.7. The monoisotopic (exact) mass is 678 g/mol. The van der Waals surface area contributed by atoms with E-state index in [1.807, 2.05) is 22.7 Å². The third-order valence-corrected chi connectivity index (χ3v) is 15.8. The summed E-state index contributed by atoms with van der Waals surface area (Å²) in [5.41, 5.74) is 10.5. The van der Waals surface area contributed by atoms with Gasteiger partial charge in [-0.05, 0) is 90.0 Å². The normalized spacial score (nSPS) is 14.3. The third-order valence-electron chi connectivity index (χ3n) is 9.89. The van der Waals surface area contributed by atoms with Crippen molar-refractivity contribution in [3.8, 4) is 20.9 Å². The van der Waals surface area contributed by atoms with Crippen molar-refractivity contribution in [2.75, 3.05) is 0 Å². The molecule has 0 aliphatic carbocycles. The van der Waals surface area contributed by atoms with Crippen LogP contribution in [0.5, 0.6) is 0 Å². The summed E-state index contributed by atoms with van der Waals surface area (Å²) >= 11 is 3.74. The SMILES string of the molecule is C[Si]1(C)C(c2ccc(-c3cc4ccccc4s3)cc2)=C(c2ccccc2)C(c2ccccc2)=C1c1ccc(-c2cc3ccccc3s2)cc1. The molecule has 0 amide bonds. The molecule has 1 aliphatic rings. The summed E-state index contributed by atoms with van der Waals surface area (Å²) in [4.78, 5) is 2.63. The smallest absolute Gasteiger partial charge is 0.115 e. The molecule has 0 bridgehead atoms. The number of benzene rings is 6. The maximum absolute atomic E-state index is 2.55. The van der Waals surface area contributed by atoms with E-state index in [0.29, 0.717) is 0 Å². The highest BCUT2D eigenvalue weighted by molar-refractivity contribution is 7.22. The van der Waals surface area contributed by atoms with Crippen LogP contribution in [0.25, 0.3) is 62.6 Å². The first-order valence-electron chi connectivity index (χ1n) is 16.8. The Kier molecular flexibility index (Phi) is 7.43. The van der Waals surface area contributed by atoms with E-state index in [0.717, 1.165) is 0 Å². The Balaban J connectivity index is 1.21. The lowest BCUT2D eigenvalue weighted by Crippen LogP contribution is -2.28. The standard InChI is InChI=1S/C46H34S2Si/c1-49(2)45(35-25-21-31(22-26-35)41-29-37-17-9-11-19-39(37)47-41)43(33-13-5-3-6-14-33)44(34-15-7-4-8-16-34)46(49)36-27-23-32(24-28-36)42-30-38-18-10-12-20-40(38)48-42/h3-30H,1-2H3. The van der Waals surface area contributed by atoms with Gasteiger partial charge >= 0.3 is 0 Å². The van der Waals surface area contributed by atoms with Crippen LogP contribution in [0.1, 0.15) is 22.3 Å². The Hall–Kier alpha value is -5.06. The molecule has 6 aromatic carbocycles. The van der Waals surface area contributed by atoms with Gasteiger partial charge in [-0.15, -0.1) is 22.7 Å². The van der Waals surface area contributed by atoms with Crippen LogP contribution in [0.3, 0.4) is 0 Å². The van der Waals surface area contributed by atoms with Crippen LogP contribution in [0.15, 0.2) is 170 Å². The minimum atomic E-state index is -2.25. The lowest BCUT2D eigenvalue weighted by molar-refractivity contribution is 1.58. The van der Waals surface area contributed by atoms with E-state index >= 15 is 0 Å². The molecule has 3 heteroatoms. The van der Waals surface area contributed by atoms with Gasteiger partial charge in [0.15, 0.2) is 0 Å². The first-order chi connectivity index (χ1) is 24.0. The summed E-state index contributed by atoms with van der Waals surface area (Å²) in [5, 5.41) is 5.63. The predicted molar refractivity (Wildman–Crippen MR) is 219 cm³/mol. The van der Waals surface area contributed by atoms with Crippen molar-refractivity contribution in [3.63, 3.8) is 0 Å². The molecule has 8 aromatic rings. The van der Waals surface area contributed by atoms with E-state index in [1.54, 1.807) is 0 Å². The largest absolute Gasteiger partial charge is 0.135 e. The maximum atomic E-state index is 2.55. The second kappa shape index (κ2) is 12.1. The summed E-state index contributed by atoms with van der Waals surface area (Å²) in [6.45, 7) is 5.10. The van der Waals surface area contributed by atoms with Crippen molar-refractivity contribution in [1.82, 2.24) is 0 Å². The van der Waals surface area contributed by atoms with Gasteiger partial charge in [-0.1, -0.05) is 159 Å². The zero-order valence-corrected chi connectivity index (χ0v) is 30.1. The highest BCUT2D eigenvalue weighted by Gasteiger charge is 2.43. The minimum Gasteiger partial charge on any atom is -0.135 e. The Bertz CT molecular complexity index is 2280. The summed E-state index contributed by atoms with van der Waals surface area (Å²) in [6.07, 6.45) is 0. The fraction of sp³-hybridized carbons (Fsp3) is 0.0435. The molecule has 0 spiro atoms. The molecule has 49 heavy (non-hydrogen) atoms. The molecule has 0 radical (unpaired) electrons. The molecule has 9 rings (SSSR count). The van der Waals surface area contributed by atoms with Crippen LogP contribution in [-0.4, -0.2) is 8.07 Å². The van der Waals surface area contributed by atoms with E-state index in [-0.39, 0.29) is 0 Å². The topological polar surface area (TPSA) is 0 Å². The van der Waals surface area contributed by atoms with Crippen LogP contribution in [0, 0.1) is 0 Å². The molecule has 0 saturated carbocycles. The highest BCUT2D eigenvalue weighted by atomic mass is 32.1. The maximum Gasteiger partial charge on any atom is 0.115 e. The molecule has 0 nitrogen and oxygen atoms in total. The van der Waals surface area contributed by atoms with Crippen LogP contribution in [0.4, 0.5) is 0 Å². The van der Waals surface area contributed by atoms with Crippen molar-refractivity contribution >= 4 is 72.5 Å². The van der Waals surface area contributed by atoms with Crippen molar-refractivity contribution in [2.24, 2.45) is 0 Å². The minimum absolute atomic E-state index is 1.28. The van der Waals surface area contributed by atoms with Gasteiger partial charge in [-0.3, -0.25) is 0 Å². The Morgan fingerprint density at radius 1 is 0.347 bits per heavy atom. The number of allylic oxidation sites excluding steroid dienone is 2.